The van der Waals surface area contributed by atoms with Gasteiger partial charge in [0, 0.05) is 0 Å². The van der Waals surface area contributed by atoms with Crippen LogP contribution in [0, 0.1) is 11.7 Å². The zero-order valence-corrected chi connectivity index (χ0v) is 18.2. The maximum absolute atomic E-state index is 13.0. The van der Waals surface area contributed by atoms with Gasteiger partial charge in [0.15, 0.2) is 9.84 Å². The fraction of sp³-hybridized carbons (Fsp3) is 0.364. The van der Waals surface area contributed by atoms with E-state index < -0.39 is 50.7 Å². The van der Waals surface area contributed by atoms with Gasteiger partial charge in [-0.05, 0) is 43.5 Å². The minimum Gasteiger partial charge on any atom is -0.481 e. The van der Waals surface area contributed by atoms with E-state index in [1.54, 1.807) is 24.3 Å². The Morgan fingerprint density at radius 1 is 1.06 bits per heavy atom. The quantitative estimate of drug-likeness (QED) is 0.574. The number of carboxylic acids is 1. The molecule has 2 aromatic carbocycles. The van der Waals surface area contributed by atoms with Gasteiger partial charge < -0.3 is 15.2 Å². The van der Waals surface area contributed by atoms with E-state index in [4.69, 9.17) is 4.74 Å². The minimum absolute atomic E-state index is 0.0360. The Hall–Kier alpha value is -2.94. The molecule has 0 aromatic heterocycles. The van der Waals surface area contributed by atoms with Crippen molar-refractivity contribution in [3.05, 3.63) is 71.5 Å². The first-order chi connectivity index (χ1) is 14.5. The van der Waals surface area contributed by atoms with Gasteiger partial charge in [-0.2, -0.15) is 0 Å². The van der Waals surface area contributed by atoms with Gasteiger partial charge in [-0.1, -0.05) is 42.5 Å². The number of sulfone groups is 1. The van der Waals surface area contributed by atoms with E-state index in [0.29, 0.717) is 5.56 Å². The van der Waals surface area contributed by atoms with Crippen LogP contribution in [0.5, 0.6) is 0 Å². The number of aliphatic carboxylic acids is 1. The van der Waals surface area contributed by atoms with E-state index in [0.717, 1.165) is 5.56 Å². The number of carboxylic acid groups (broad SMARTS) is 1. The molecule has 0 bridgehead atoms. The number of nitrogens with one attached hydrogen (secondary N) is 1. The molecule has 0 fully saturated rings. The van der Waals surface area contributed by atoms with E-state index in [-0.39, 0.29) is 13.0 Å². The van der Waals surface area contributed by atoms with Gasteiger partial charge in [0.1, 0.15) is 12.4 Å². The second-order valence-electron chi connectivity index (χ2n) is 7.99. The predicted molar refractivity (Wildman–Crippen MR) is 114 cm³/mol. The Balaban J connectivity index is 1.95. The number of carbonyl (C=O) groups excluding carboxylic acids is 1. The fourth-order valence-electron chi connectivity index (χ4n) is 3.11. The molecule has 0 saturated carbocycles. The normalized spacial score (nSPS) is 12.7. The van der Waals surface area contributed by atoms with Gasteiger partial charge >= 0.3 is 12.1 Å². The molecule has 1 amide bonds. The van der Waals surface area contributed by atoms with Gasteiger partial charge in [-0.25, -0.2) is 17.6 Å². The molecule has 0 heterocycles. The molecule has 9 heteroatoms. The number of rotatable bonds is 10. The number of halogens is 1. The Bertz CT molecular complexity index is 990. The molecule has 168 valence electrons. The molecule has 0 spiro atoms. The van der Waals surface area contributed by atoms with E-state index in [9.17, 15) is 27.5 Å². The highest BCUT2D eigenvalue weighted by Gasteiger charge is 2.32. The van der Waals surface area contributed by atoms with Crippen molar-refractivity contribution >= 4 is 21.9 Å². The van der Waals surface area contributed by atoms with Crippen LogP contribution in [0.1, 0.15) is 25.0 Å². The summed E-state index contributed by atoms with van der Waals surface area (Å²) in [5.41, 5.74) is 0.130. The van der Waals surface area contributed by atoms with Crippen LogP contribution in [0.15, 0.2) is 54.6 Å². The van der Waals surface area contributed by atoms with E-state index >= 15 is 0 Å². The number of hydrogen-bond acceptors (Lipinski definition) is 5. The third kappa shape index (κ3) is 8.75. The molecule has 31 heavy (non-hydrogen) atoms. The lowest BCUT2D eigenvalue weighted by molar-refractivity contribution is -0.140. The third-order valence-electron chi connectivity index (χ3n) is 4.43. The molecule has 2 N–H and O–H groups in total. The Morgan fingerprint density at radius 2 is 1.68 bits per heavy atom. The van der Waals surface area contributed by atoms with Crippen molar-refractivity contribution in [3.8, 4) is 0 Å². The summed E-state index contributed by atoms with van der Waals surface area (Å²) in [5.74, 6) is -4.00. The lowest BCUT2D eigenvalue weighted by atomic mass is 10.0. The van der Waals surface area contributed by atoms with Crippen LogP contribution in [0.3, 0.4) is 0 Å². The molecule has 0 radical (unpaired) electrons. The lowest BCUT2D eigenvalue weighted by Gasteiger charge is -2.26. The average molecular weight is 452 g/mol. The summed E-state index contributed by atoms with van der Waals surface area (Å²) in [4.78, 5) is 23.6. The van der Waals surface area contributed by atoms with Crippen LogP contribution in [-0.4, -0.2) is 42.6 Å². The number of ether oxygens (including phenoxy) is 1. The van der Waals surface area contributed by atoms with Crippen molar-refractivity contribution in [2.75, 3.05) is 11.5 Å². The number of hydrogen-bond donors (Lipinski definition) is 2. The van der Waals surface area contributed by atoms with Crippen LogP contribution < -0.4 is 5.32 Å². The highest BCUT2D eigenvalue weighted by molar-refractivity contribution is 7.91. The molecular weight excluding hydrogens is 425 g/mol. The summed E-state index contributed by atoms with van der Waals surface area (Å²) in [7, 11) is -3.85. The molecular formula is C22H26FNO6S. The standard InChI is InChI=1S/C22H26FNO6S/c1-22(2,24-21(27)30-13-17-6-4-3-5-7-17)15-31(28,29)14-18(20(25)26)12-16-8-10-19(23)11-9-16/h3-11,18H,12-15H2,1-2H3,(H,24,27)(H,25,26)/t18-/m1/s1. The average Bonchev–Trinajstić information content (AvgIpc) is 2.67. The van der Waals surface area contributed by atoms with Crippen molar-refractivity contribution in [2.24, 2.45) is 5.92 Å². The zero-order valence-electron chi connectivity index (χ0n) is 17.4. The van der Waals surface area contributed by atoms with E-state index in [2.05, 4.69) is 5.32 Å². The second kappa shape index (κ2) is 10.4. The monoisotopic (exact) mass is 451 g/mol. The molecule has 2 aromatic rings. The SMILES string of the molecule is CC(C)(CS(=O)(=O)C[C@@H](Cc1ccc(F)cc1)C(=O)O)NC(=O)OCc1ccccc1. The van der Waals surface area contributed by atoms with E-state index in [1.807, 2.05) is 6.07 Å². The smallest absolute Gasteiger partial charge is 0.407 e. The van der Waals surface area contributed by atoms with Gasteiger partial charge in [0.25, 0.3) is 0 Å². The summed E-state index contributed by atoms with van der Waals surface area (Å²) in [6.07, 6.45) is -0.827. The molecule has 0 saturated heterocycles. The molecule has 7 nitrogen and oxygen atoms in total. The van der Waals surface area contributed by atoms with Gasteiger partial charge in [0.05, 0.1) is 23.0 Å². The summed E-state index contributed by atoms with van der Waals surface area (Å²) in [6, 6.07) is 14.2. The van der Waals surface area contributed by atoms with Crippen LogP contribution in [0.2, 0.25) is 0 Å². The first kappa shape index (κ1) is 24.3. The third-order valence-corrected chi connectivity index (χ3v) is 6.51. The molecule has 0 unspecified atom stereocenters. The first-order valence-electron chi connectivity index (χ1n) is 9.62. The first-order valence-corrected chi connectivity index (χ1v) is 11.4. The predicted octanol–water partition coefficient (Wildman–Crippen LogP) is 3.19. The van der Waals surface area contributed by atoms with Gasteiger partial charge in [0.2, 0.25) is 0 Å². The van der Waals surface area contributed by atoms with Crippen molar-refractivity contribution in [3.63, 3.8) is 0 Å². The Kier molecular flexibility index (Phi) is 8.15. The van der Waals surface area contributed by atoms with Crippen molar-refractivity contribution in [1.82, 2.24) is 5.32 Å². The molecule has 2 rings (SSSR count). The highest BCUT2D eigenvalue weighted by atomic mass is 32.2. The number of benzene rings is 2. The number of amides is 1. The molecule has 0 aliphatic carbocycles. The lowest BCUT2D eigenvalue weighted by Crippen LogP contribution is -2.49. The maximum Gasteiger partial charge on any atom is 0.407 e. The van der Waals surface area contributed by atoms with Crippen molar-refractivity contribution in [2.45, 2.75) is 32.4 Å². The minimum atomic E-state index is -3.85. The van der Waals surface area contributed by atoms with Crippen molar-refractivity contribution in [1.29, 1.82) is 0 Å². The maximum atomic E-state index is 13.0. The Morgan fingerprint density at radius 3 is 2.26 bits per heavy atom. The number of alkyl carbamates (subject to hydrolysis) is 1. The molecule has 0 aliphatic heterocycles. The second-order valence-corrected chi connectivity index (χ2v) is 10.1. The summed E-state index contributed by atoms with van der Waals surface area (Å²) in [6.45, 7) is 3.07. The summed E-state index contributed by atoms with van der Waals surface area (Å²) in [5, 5.41) is 12.0. The van der Waals surface area contributed by atoms with Crippen LogP contribution in [-0.2, 0) is 32.4 Å². The topological polar surface area (TPSA) is 110 Å². The van der Waals surface area contributed by atoms with Gasteiger partial charge in [-0.3, -0.25) is 4.79 Å². The van der Waals surface area contributed by atoms with Crippen LogP contribution in [0.25, 0.3) is 0 Å². The van der Waals surface area contributed by atoms with Crippen molar-refractivity contribution < 1.29 is 32.2 Å². The number of carbonyl (C=O) groups is 2. The largest absolute Gasteiger partial charge is 0.481 e. The summed E-state index contributed by atoms with van der Waals surface area (Å²) >= 11 is 0. The van der Waals surface area contributed by atoms with Gasteiger partial charge in [-0.15, -0.1) is 0 Å². The zero-order chi connectivity index (χ0) is 23.1. The fourth-order valence-corrected chi connectivity index (χ4v) is 5.27. The molecule has 1 atom stereocenters. The summed E-state index contributed by atoms with van der Waals surface area (Å²) < 4.78 is 43.5. The Labute approximate surface area is 181 Å². The van der Waals surface area contributed by atoms with E-state index in [1.165, 1.54) is 38.1 Å². The van der Waals surface area contributed by atoms with Crippen LogP contribution >= 0.6 is 0 Å². The highest BCUT2D eigenvalue weighted by Crippen LogP contribution is 2.16. The molecule has 0 aliphatic rings. The van der Waals surface area contributed by atoms with Crippen LogP contribution in [0.4, 0.5) is 9.18 Å².